The molecule has 1 aliphatic carbocycles. The van der Waals surface area contributed by atoms with Crippen LogP contribution in [0.2, 0.25) is 5.02 Å². The molecule has 3 heterocycles. The largest absolute Gasteiger partial charge is 0.352 e. The molecule has 1 aliphatic heterocycles. The Balaban J connectivity index is 1.30. The number of hydrogen-bond donors (Lipinski definition) is 1. The molecule has 1 saturated heterocycles. The Morgan fingerprint density at radius 1 is 1.28 bits per heavy atom. The lowest BCUT2D eigenvalue weighted by Crippen LogP contribution is -2.43. The SMILES string of the molecule is O=C(NCc1ccc(F)cc1Cl)[C@@H]1CCCN(c2nn3c(=O)c4c(nc3s2)CCCC4)C1. The van der Waals surface area contributed by atoms with Crippen molar-refractivity contribution in [1.29, 1.82) is 0 Å². The number of benzene rings is 1. The second kappa shape index (κ2) is 8.78. The van der Waals surface area contributed by atoms with E-state index in [9.17, 15) is 14.0 Å². The lowest BCUT2D eigenvalue weighted by atomic mass is 9.97. The average Bonchev–Trinajstić information content (AvgIpc) is 3.23. The molecule has 3 aromatic rings. The van der Waals surface area contributed by atoms with Crippen LogP contribution in [0.15, 0.2) is 23.0 Å². The molecule has 2 aliphatic rings. The van der Waals surface area contributed by atoms with Gasteiger partial charge in [0.15, 0.2) is 0 Å². The van der Waals surface area contributed by atoms with Crippen LogP contribution in [0, 0.1) is 11.7 Å². The van der Waals surface area contributed by atoms with Gasteiger partial charge in [0.05, 0.1) is 11.6 Å². The predicted molar refractivity (Wildman–Crippen MR) is 122 cm³/mol. The molecule has 2 aromatic heterocycles. The summed E-state index contributed by atoms with van der Waals surface area (Å²) in [5.74, 6) is -0.673. The van der Waals surface area contributed by atoms with Gasteiger partial charge in [0, 0.05) is 30.2 Å². The van der Waals surface area contributed by atoms with Crippen molar-refractivity contribution in [2.75, 3.05) is 18.0 Å². The van der Waals surface area contributed by atoms with Gasteiger partial charge >= 0.3 is 0 Å². The average molecular weight is 476 g/mol. The summed E-state index contributed by atoms with van der Waals surface area (Å²) in [5.41, 5.74) is 2.32. The highest BCUT2D eigenvalue weighted by Gasteiger charge is 2.28. The summed E-state index contributed by atoms with van der Waals surface area (Å²) in [4.78, 5) is 33.0. The van der Waals surface area contributed by atoms with E-state index in [1.165, 1.54) is 28.0 Å². The molecule has 1 amide bonds. The molecule has 0 saturated carbocycles. The molecule has 0 bridgehead atoms. The quantitative estimate of drug-likeness (QED) is 0.626. The number of carbonyl (C=O) groups excluding carboxylic acids is 1. The molecule has 32 heavy (non-hydrogen) atoms. The number of halogens is 2. The van der Waals surface area contributed by atoms with Crippen LogP contribution in [0.25, 0.3) is 4.96 Å². The van der Waals surface area contributed by atoms with Gasteiger partial charge in [-0.2, -0.15) is 4.52 Å². The zero-order valence-electron chi connectivity index (χ0n) is 17.4. The molecular formula is C22H23ClFN5O2S. The Bertz CT molecular complexity index is 1240. The third kappa shape index (κ3) is 4.11. The number of anilines is 1. The van der Waals surface area contributed by atoms with Crippen LogP contribution in [-0.2, 0) is 24.2 Å². The van der Waals surface area contributed by atoms with E-state index >= 15 is 0 Å². The lowest BCUT2D eigenvalue weighted by Gasteiger charge is -2.31. The number of hydrogen-bond acceptors (Lipinski definition) is 6. The highest BCUT2D eigenvalue weighted by atomic mass is 35.5. The van der Waals surface area contributed by atoms with Crippen LogP contribution in [-0.4, -0.2) is 33.6 Å². The summed E-state index contributed by atoms with van der Waals surface area (Å²) in [5, 5.41) is 8.48. The van der Waals surface area contributed by atoms with Crippen molar-refractivity contribution in [3.05, 3.63) is 56.2 Å². The minimum absolute atomic E-state index is 0.0605. The predicted octanol–water partition coefficient (Wildman–Crippen LogP) is 3.36. The van der Waals surface area contributed by atoms with E-state index in [-0.39, 0.29) is 23.9 Å². The van der Waals surface area contributed by atoms with Crippen LogP contribution >= 0.6 is 22.9 Å². The first-order chi connectivity index (χ1) is 15.5. The summed E-state index contributed by atoms with van der Waals surface area (Å²) in [6.45, 7) is 1.56. The van der Waals surface area contributed by atoms with E-state index in [1.54, 1.807) is 6.07 Å². The number of piperidine rings is 1. The second-order valence-corrected chi connectivity index (χ2v) is 9.71. The standard InChI is InChI=1S/C22H23ClFN5O2S/c23-17-10-15(24)8-7-13(17)11-25-19(30)14-4-3-9-28(12-14)22-27-29-20(31)16-5-1-2-6-18(16)26-21(29)32-22/h7-8,10,14H,1-6,9,11-12H2,(H,25,30)/t14-/m1/s1. The molecule has 0 unspecified atom stereocenters. The van der Waals surface area contributed by atoms with Crippen molar-refractivity contribution in [1.82, 2.24) is 19.9 Å². The fourth-order valence-electron chi connectivity index (χ4n) is 4.45. The van der Waals surface area contributed by atoms with Gasteiger partial charge < -0.3 is 10.2 Å². The van der Waals surface area contributed by atoms with Crippen molar-refractivity contribution in [2.45, 2.75) is 45.1 Å². The normalized spacial score (nSPS) is 18.6. The maximum Gasteiger partial charge on any atom is 0.278 e. The Labute approximate surface area is 193 Å². The van der Waals surface area contributed by atoms with Gasteiger partial charge in [0.2, 0.25) is 16.0 Å². The van der Waals surface area contributed by atoms with Crippen LogP contribution < -0.4 is 15.8 Å². The van der Waals surface area contributed by atoms with E-state index in [4.69, 9.17) is 16.6 Å². The van der Waals surface area contributed by atoms with Gasteiger partial charge in [-0.05, 0) is 56.2 Å². The summed E-state index contributed by atoms with van der Waals surface area (Å²) < 4.78 is 14.6. The third-order valence-corrected chi connectivity index (χ3v) is 7.52. The Hall–Kier alpha value is -2.52. The maximum atomic E-state index is 13.2. The number of fused-ring (bicyclic) bond motifs is 2. The van der Waals surface area contributed by atoms with E-state index in [0.717, 1.165) is 61.5 Å². The van der Waals surface area contributed by atoms with Crippen LogP contribution in [0.3, 0.4) is 0 Å². The fourth-order valence-corrected chi connectivity index (χ4v) is 5.63. The van der Waals surface area contributed by atoms with E-state index in [0.29, 0.717) is 22.1 Å². The fraction of sp³-hybridized carbons (Fsp3) is 0.455. The summed E-state index contributed by atoms with van der Waals surface area (Å²) >= 11 is 7.46. The van der Waals surface area contributed by atoms with Gasteiger partial charge in [-0.3, -0.25) is 9.59 Å². The molecule has 168 valence electrons. The first-order valence-electron chi connectivity index (χ1n) is 10.9. The Morgan fingerprint density at radius 2 is 2.12 bits per heavy atom. The van der Waals surface area contributed by atoms with Crippen molar-refractivity contribution in [3.63, 3.8) is 0 Å². The molecule has 5 rings (SSSR count). The molecule has 7 nitrogen and oxygen atoms in total. The van der Waals surface area contributed by atoms with Crippen molar-refractivity contribution in [3.8, 4) is 0 Å². The minimum Gasteiger partial charge on any atom is -0.352 e. The van der Waals surface area contributed by atoms with Crippen LogP contribution in [0.5, 0.6) is 0 Å². The highest BCUT2D eigenvalue weighted by molar-refractivity contribution is 7.20. The highest BCUT2D eigenvalue weighted by Crippen LogP contribution is 2.28. The monoisotopic (exact) mass is 475 g/mol. The summed E-state index contributed by atoms with van der Waals surface area (Å²) in [6.07, 6.45) is 5.31. The Morgan fingerprint density at radius 3 is 2.97 bits per heavy atom. The molecule has 10 heteroatoms. The van der Waals surface area contributed by atoms with Crippen LogP contribution in [0.4, 0.5) is 9.52 Å². The number of amides is 1. The number of rotatable bonds is 4. The zero-order chi connectivity index (χ0) is 22.2. The number of nitrogens with zero attached hydrogens (tertiary/aromatic N) is 4. The topological polar surface area (TPSA) is 79.6 Å². The maximum absolute atomic E-state index is 13.2. The number of nitrogens with one attached hydrogen (secondary N) is 1. The molecule has 0 spiro atoms. The second-order valence-electron chi connectivity index (χ2n) is 8.37. The molecule has 1 fully saturated rings. The number of aromatic nitrogens is 3. The molecule has 1 aromatic carbocycles. The molecular weight excluding hydrogens is 453 g/mol. The van der Waals surface area contributed by atoms with Crippen molar-refractivity contribution >= 4 is 38.9 Å². The number of carbonyl (C=O) groups is 1. The van der Waals surface area contributed by atoms with Crippen LogP contribution in [0.1, 0.15) is 42.5 Å². The van der Waals surface area contributed by atoms with Gasteiger partial charge in [-0.15, -0.1) is 5.10 Å². The molecule has 0 radical (unpaired) electrons. The smallest absolute Gasteiger partial charge is 0.278 e. The van der Waals surface area contributed by atoms with Gasteiger partial charge in [-0.25, -0.2) is 9.37 Å². The minimum atomic E-state index is -0.404. The van der Waals surface area contributed by atoms with Crippen molar-refractivity contribution < 1.29 is 9.18 Å². The molecule has 1 atom stereocenters. The number of aryl methyl sites for hydroxylation is 1. The lowest BCUT2D eigenvalue weighted by molar-refractivity contribution is -0.125. The van der Waals surface area contributed by atoms with Gasteiger partial charge in [-0.1, -0.05) is 29.0 Å². The Kier molecular flexibility index (Phi) is 5.86. The van der Waals surface area contributed by atoms with Gasteiger partial charge in [0.1, 0.15) is 5.82 Å². The summed E-state index contributed by atoms with van der Waals surface area (Å²) in [6, 6.07) is 4.15. The van der Waals surface area contributed by atoms with Gasteiger partial charge in [0.25, 0.3) is 5.56 Å². The van der Waals surface area contributed by atoms with Crippen molar-refractivity contribution in [2.24, 2.45) is 5.92 Å². The first kappa shape index (κ1) is 21.3. The summed E-state index contributed by atoms with van der Waals surface area (Å²) in [7, 11) is 0. The molecule has 1 N–H and O–H groups in total. The van der Waals surface area contributed by atoms with E-state index in [2.05, 4.69) is 15.3 Å². The zero-order valence-corrected chi connectivity index (χ0v) is 19.0. The van der Waals surface area contributed by atoms with E-state index in [1.807, 2.05) is 0 Å². The van der Waals surface area contributed by atoms with E-state index < -0.39 is 5.82 Å². The third-order valence-electron chi connectivity index (χ3n) is 6.20. The first-order valence-corrected chi connectivity index (χ1v) is 12.1.